The number of hydrogen-bond donors (Lipinski definition) is 3. The molecule has 72 heavy (non-hydrogen) atoms. The molecule has 0 aliphatic heterocycles. The molecule has 16 nitrogen and oxygen atoms in total. The molecule has 3 N–H and O–H groups in total. The molecule has 0 aliphatic rings. The molecule has 21 heteroatoms. The number of rotatable bonds is 8. The van der Waals surface area contributed by atoms with E-state index in [2.05, 4.69) is 55.5 Å². The van der Waals surface area contributed by atoms with Crippen molar-refractivity contribution in [2.45, 2.75) is 27.7 Å². The first-order valence-corrected chi connectivity index (χ1v) is 25.5. The summed E-state index contributed by atoms with van der Waals surface area (Å²) in [7, 11) is 0. The summed E-state index contributed by atoms with van der Waals surface area (Å²) in [6.07, 6.45) is 19.9. The summed E-state index contributed by atoms with van der Waals surface area (Å²) in [6.45, 7) is 6.29. The third kappa shape index (κ3) is 45.3. The van der Waals surface area contributed by atoms with Crippen LogP contribution in [-0.2, 0) is 27.8 Å². The normalized spacial score (nSPS) is 7.97. The number of phenolic OH excluding ortho intramolecular Hbond substituents is 3. The first-order chi connectivity index (χ1) is 34.2. The Bertz CT molecular complexity index is 2580. The van der Waals surface area contributed by atoms with Crippen molar-refractivity contribution in [2.75, 3.05) is 17.3 Å². The van der Waals surface area contributed by atoms with Crippen LogP contribution in [0.5, 0.6) is 23.0 Å². The monoisotopic (exact) mass is 1320 g/mol. The molecule has 0 aliphatic carbocycles. The topological polar surface area (TPSA) is 275 Å². The Morgan fingerprint density at radius 1 is 0.486 bits per heavy atom. The molecule has 5 aromatic rings. The Kier molecular flexibility index (Phi) is 53.0. The first-order valence-electron chi connectivity index (χ1n) is 19.1. The Balaban J connectivity index is -0.000000115. The molecule has 5 rings (SSSR count). The van der Waals surface area contributed by atoms with Crippen LogP contribution < -0.4 is 4.74 Å². The minimum absolute atomic E-state index is 0. The number of ketones is 5. The predicted molar refractivity (Wildman–Crippen MR) is 283 cm³/mol. The zero-order valence-corrected chi connectivity index (χ0v) is 47.0. The van der Waals surface area contributed by atoms with Crippen LogP contribution in [0.2, 0.25) is 0 Å². The molecule has 0 atom stereocenters. The molecular formula is C51H52Br2O16Se3. The van der Waals surface area contributed by atoms with Gasteiger partial charge in [0.2, 0.25) is 5.78 Å². The molecule has 384 valence electrons. The summed E-state index contributed by atoms with van der Waals surface area (Å²) in [5, 5.41) is 27.8. The number of halogens is 2. The molecule has 0 unspecified atom stereocenters. The molecule has 0 spiro atoms. The van der Waals surface area contributed by atoms with Crippen LogP contribution in [0, 0.1) is 49.4 Å². The molecular weight excluding hydrogens is 1270 g/mol. The van der Waals surface area contributed by atoms with E-state index >= 15 is 0 Å². The maximum absolute atomic E-state index is 10.9. The SMILES string of the molecule is C#CCBr.C#CCBr.C#CCOc1ccc(C(C)=O)cc1.C#Cc1ccc(C(C)=O)cc1.CC(=O)c1ccc(O)cc1.CC(=O)c1ccc(O)cc1.O=CC(=O)c1ccc(O)cc1.O=[Se]=O.O=[Se]=O.O=[Se]=O.[2HH].[2HH].[2HH]. The smallest absolute Gasteiger partial charge is 0 e. The number of carbonyl (C=O) groups is 6. The molecule has 0 fully saturated rings. The van der Waals surface area contributed by atoms with Crippen molar-refractivity contribution in [1.82, 2.24) is 0 Å². The Morgan fingerprint density at radius 3 is 0.931 bits per heavy atom. The predicted octanol–water partition coefficient (Wildman–Crippen LogP) is 8.65. The van der Waals surface area contributed by atoms with Gasteiger partial charge in [0.15, 0.2) is 29.4 Å². The van der Waals surface area contributed by atoms with Crippen molar-refractivity contribution >= 4 is 112 Å². The Morgan fingerprint density at radius 2 is 0.722 bits per heavy atom. The number of terminal acetylenes is 4. The second-order valence-corrected chi connectivity index (χ2v) is 13.9. The second kappa shape index (κ2) is 51.7. The number of benzene rings is 5. The van der Waals surface area contributed by atoms with Gasteiger partial charge in [-0.15, -0.1) is 25.7 Å². The van der Waals surface area contributed by atoms with Gasteiger partial charge in [-0.25, -0.2) is 0 Å². The quantitative estimate of drug-likeness (QED) is 0.0327. The van der Waals surface area contributed by atoms with Crippen LogP contribution in [0.1, 0.15) is 89.3 Å². The number of ether oxygens (including phenoxy) is 1. The van der Waals surface area contributed by atoms with Gasteiger partial charge in [0.25, 0.3) is 0 Å². The van der Waals surface area contributed by atoms with Gasteiger partial charge in [0.1, 0.15) is 29.6 Å². The second-order valence-electron chi connectivity index (χ2n) is 12.0. The fourth-order valence-electron chi connectivity index (χ4n) is 3.80. The maximum Gasteiger partial charge on any atom is 0 e. The number of aromatic hydroxyl groups is 3. The van der Waals surface area contributed by atoms with Crippen LogP contribution in [0.4, 0.5) is 0 Å². The number of Topliss-reactive ketones (excluding diaryl/α,β-unsaturated/α-hetero) is 5. The van der Waals surface area contributed by atoms with E-state index in [1.165, 1.54) is 76.2 Å². The van der Waals surface area contributed by atoms with Gasteiger partial charge >= 0.3 is 67.5 Å². The number of alkyl halides is 2. The van der Waals surface area contributed by atoms with Gasteiger partial charge in [0.05, 0.1) is 10.7 Å². The zero-order chi connectivity index (χ0) is 56.3. The van der Waals surface area contributed by atoms with Crippen LogP contribution in [0.25, 0.3) is 0 Å². The van der Waals surface area contributed by atoms with Gasteiger partial charge in [-0.2, -0.15) is 0 Å². The molecule has 0 aromatic heterocycles. The summed E-state index contributed by atoms with van der Waals surface area (Å²) in [5.41, 5.74) is 3.71. The fourth-order valence-corrected chi connectivity index (χ4v) is 3.80. The van der Waals surface area contributed by atoms with Crippen molar-refractivity contribution in [2.24, 2.45) is 0 Å². The van der Waals surface area contributed by atoms with E-state index in [1.54, 1.807) is 72.8 Å². The fraction of sp³-hybridized carbons (Fsp3) is 0.137. The maximum atomic E-state index is 10.9. The largest absolute Gasteiger partial charge is 0 e. The third-order valence-corrected chi connectivity index (χ3v) is 7.65. The summed E-state index contributed by atoms with van der Waals surface area (Å²) in [4.78, 5) is 63.7. The van der Waals surface area contributed by atoms with Crippen molar-refractivity contribution in [1.29, 1.82) is 0 Å². The number of carbonyl (C=O) groups excluding carboxylic acids is 6. The molecule has 0 bridgehead atoms. The van der Waals surface area contributed by atoms with E-state index in [0.29, 0.717) is 38.7 Å². The minimum atomic E-state index is -1.62. The van der Waals surface area contributed by atoms with Crippen molar-refractivity contribution < 1.29 is 76.1 Å². The van der Waals surface area contributed by atoms with Gasteiger partial charge in [-0.1, -0.05) is 67.7 Å². The molecule has 0 saturated carbocycles. The Hall–Kier alpha value is -7.12. The zero-order valence-electron chi connectivity index (χ0n) is 38.7. The molecule has 0 amide bonds. The van der Waals surface area contributed by atoms with E-state index in [-0.39, 0.29) is 63.1 Å². The number of phenols is 3. The van der Waals surface area contributed by atoms with E-state index in [1.807, 2.05) is 0 Å². The Labute approximate surface area is 456 Å². The van der Waals surface area contributed by atoms with E-state index < -0.39 is 50.2 Å². The van der Waals surface area contributed by atoms with Gasteiger partial charge < -0.3 is 20.1 Å². The number of hydrogen-bond acceptors (Lipinski definition) is 16. The summed E-state index contributed by atoms with van der Waals surface area (Å²) < 4.78 is 55.8. The van der Waals surface area contributed by atoms with Crippen LogP contribution in [-0.4, -0.2) is 112 Å². The summed E-state index contributed by atoms with van der Waals surface area (Å²) in [6, 6.07) is 31.8. The standard InChI is InChI=1S/C11H10O2.C10H8O.C8H6O3.2C8H8O2.2C3H3Br.3O2Se.3H2/c1-3-8-13-11-6-4-10(5-7-11)9(2)12;1-3-9-4-6-10(7-5-9)8(2)11;9-5-8(11)6-1-3-7(10)4-2-6;2*1-6(9)7-2-4-8(10)5-3-7;2*1-2-3-4;3*1-3-2;;;/h1,4-7H,8H2,2H3;1,4-7H,2H3;1-5,10H;2*2-5,10H,1H3;2*1H,3H2;;;;3*1H/i;;;;;;;;;;3*1+1. The summed E-state index contributed by atoms with van der Waals surface area (Å²) in [5.74, 6) is 10.2. The van der Waals surface area contributed by atoms with Crippen LogP contribution in [0.3, 0.4) is 0 Å². The van der Waals surface area contributed by atoms with Crippen LogP contribution >= 0.6 is 31.9 Å². The number of aldehydes is 1. The van der Waals surface area contributed by atoms with E-state index in [9.17, 15) is 28.8 Å². The van der Waals surface area contributed by atoms with Crippen molar-refractivity contribution in [3.63, 3.8) is 0 Å². The average molecular weight is 1320 g/mol. The first kappa shape index (κ1) is 73.8. The molecule has 0 heterocycles. The van der Waals surface area contributed by atoms with Crippen molar-refractivity contribution in [3.8, 4) is 72.4 Å². The molecule has 0 saturated heterocycles. The van der Waals surface area contributed by atoms with Crippen molar-refractivity contribution in [3.05, 3.63) is 155 Å². The van der Waals surface area contributed by atoms with Gasteiger partial charge in [-0.05, 0) is 137 Å². The van der Waals surface area contributed by atoms with Crippen LogP contribution in [0.15, 0.2) is 121 Å². The van der Waals surface area contributed by atoms with E-state index in [0.717, 1.165) is 5.56 Å². The van der Waals surface area contributed by atoms with Gasteiger partial charge in [0, 0.05) is 37.7 Å². The minimum Gasteiger partial charge on any atom is 0 e. The summed E-state index contributed by atoms with van der Waals surface area (Å²) >= 11 is 1.15. The van der Waals surface area contributed by atoms with Gasteiger partial charge in [-0.3, -0.25) is 28.8 Å². The molecule has 5 aromatic carbocycles. The molecule has 0 radical (unpaired) electrons. The van der Waals surface area contributed by atoms with E-state index in [4.69, 9.17) is 68.8 Å². The third-order valence-electron chi connectivity index (χ3n) is 7.00. The average Bonchev–Trinajstić information content (AvgIpc) is 3.37.